The lowest BCUT2D eigenvalue weighted by Gasteiger charge is -2.20. The van der Waals surface area contributed by atoms with Gasteiger partial charge in [0.2, 0.25) is 5.91 Å². The highest BCUT2D eigenvalue weighted by molar-refractivity contribution is 9.10. The third kappa shape index (κ3) is 5.35. The van der Waals surface area contributed by atoms with Crippen molar-refractivity contribution in [3.63, 3.8) is 0 Å². The average Bonchev–Trinajstić information content (AvgIpc) is 2.28. The molecule has 1 aromatic carbocycles. The van der Waals surface area contributed by atoms with E-state index in [4.69, 9.17) is 0 Å². The Balaban J connectivity index is 2.70. The first-order valence-corrected chi connectivity index (χ1v) is 6.47. The Morgan fingerprint density at radius 1 is 1.42 bits per heavy atom. The Hall–Kier alpha value is -1.47. The van der Waals surface area contributed by atoms with Crippen molar-refractivity contribution in [1.82, 2.24) is 5.32 Å². The van der Waals surface area contributed by atoms with Gasteiger partial charge in [-0.05, 0) is 48.8 Å². The number of carbonyl (C=O) groups is 1. The summed E-state index contributed by atoms with van der Waals surface area (Å²) in [7, 11) is 0. The van der Waals surface area contributed by atoms with Crippen LogP contribution in [0.4, 0.5) is 11.4 Å². The van der Waals surface area contributed by atoms with E-state index in [1.807, 2.05) is 20.8 Å². The standard InChI is InChI=1S/C12H16BrN3O3/c1-12(2,3)14-7-11(17)15-8-4-5-9(13)10(6-8)16(18)19/h4-6,14H,7H2,1-3H3,(H,15,17). The maximum Gasteiger partial charge on any atom is 0.285 e. The number of nitro benzene ring substituents is 1. The second-order valence-corrected chi connectivity index (χ2v) is 5.93. The first-order valence-electron chi connectivity index (χ1n) is 5.68. The van der Waals surface area contributed by atoms with Crippen LogP contribution in [0.3, 0.4) is 0 Å². The summed E-state index contributed by atoms with van der Waals surface area (Å²) in [4.78, 5) is 21.9. The van der Waals surface area contributed by atoms with Gasteiger partial charge in [-0.25, -0.2) is 0 Å². The van der Waals surface area contributed by atoms with Crippen LogP contribution in [0.2, 0.25) is 0 Å². The molecule has 0 atom stereocenters. The fraction of sp³-hybridized carbons (Fsp3) is 0.417. The summed E-state index contributed by atoms with van der Waals surface area (Å²) in [5.41, 5.74) is 0.153. The van der Waals surface area contributed by atoms with Crippen molar-refractivity contribution >= 4 is 33.2 Å². The van der Waals surface area contributed by atoms with Crippen LogP contribution in [0.5, 0.6) is 0 Å². The highest BCUT2D eigenvalue weighted by Gasteiger charge is 2.15. The topological polar surface area (TPSA) is 84.3 Å². The smallest absolute Gasteiger partial charge is 0.285 e. The molecular weight excluding hydrogens is 314 g/mol. The molecule has 0 unspecified atom stereocenters. The van der Waals surface area contributed by atoms with Gasteiger partial charge in [-0.2, -0.15) is 0 Å². The van der Waals surface area contributed by atoms with E-state index in [2.05, 4.69) is 26.6 Å². The minimum absolute atomic E-state index is 0.0819. The van der Waals surface area contributed by atoms with Gasteiger partial charge in [-0.15, -0.1) is 0 Å². The second-order valence-electron chi connectivity index (χ2n) is 5.08. The number of anilines is 1. The Kier molecular flexibility index (Phi) is 5.02. The summed E-state index contributed by atoms with van der Waals surface area (Å²) in [6, 6.07) is 4.45. The van der Waals surface area contributed by atoms with Crippen molar-refractivity contribution < 1.29 is 9.72 Å². The van der Waals surface area contributed by atoms with Crippen LogP contribution in [0.1, 0.15) is 20.8 Å². The number of amides is 1. The molecule has 1 amide bonds. The van der Waals surface area contributed by atoms with E-state index < -0.39 is 4.92 Å². The number of nitro groups is 1. The van der Waals surface area contributed by atoms with E-state index in [1.54, 1.807) is 6.07 Å². The van der Waals surface area contributed by atoms with Gasteiger partial charge in [0.05, 0.1) is 15.9 Å². The van der Waals surface area contributed by atoms with E-state index in [9.17, 15) is 14.9 Å². The van der Waals surface area contributed by atoms with Gasteiger partial charge in [0.15, 0.2) is 0 Å². The van der Waals surface area contributed by atoms with Crippen LogP contribution < -0.4 is 10.6 Å². The fourth-order valence-corrected chi connectivity index (χ4v) is 1.67. The minimum Gasteiger partial charge on any atom is -0.325 e. The van der Waals surface area contributed by atoms with Crippen LogP contribution in [0.25, 0.3) is 0 Å². The summed E-state index contributed by atoms with van der Waals surface area (Å²) < 4.78 is 0.378. The lowest BCUT2D eigenvalue weighted by Crippen LogP contribution is -2.41. The summed E-state index contributed by atoms with van der Waals surface area (Å²) >= 11 is 3.09. The maximum atomic E-state index is 11.7. The monoisotopic (exact) mass is 329 g/mol. The number of rotatable bonds is 4. The summed E-state index contributed by atoms with van der Waals surface area (Å²) in [6.45, 7) is 5.99. The number of carbonyl (C=O) groups excluding carboxylic acids is 1. The molecule has 0 spiro atoms. The molecule has 0 aliphatic carbocycles. The van der Waals surface area contributed by atoms with Crippen LogP contribution in [-0.4, -0.2) is 22.9 Å². The molecule has 0 aliphatic rings. The molecule has 19 heavy (non-hydrogen) atoms. The van der Waals surface area contributed by atoms with Gasteiger partial charge in [-0.3, -0.25) is 14.9 Å². The van der Waals surface area contributed by atoms with Crippen molar-refractivity contribution in [3.8, 4) is 0 Å². The van der Waals surface area contributed by atoms with Crippen molar-refractivity contribution in [2.24, 2.45) is 0 Å². The zero-order chi connectivity index (χ0) is 14.6. The molecule has 0 heterocycles. The molecule has 0 saturated carbocycles. The zero-order valence-electron chi connectivity index (χ0n) is 11.0. The third-order valence-corrected chi connectivity index (χ3v) is 2.88. The van der Waals surface area contributed by atoms with Crippen molar-refractivity contribution in [2.45, 2.75) is 26.3 Å². The Morgan fingerprint density at radius 2 is 2.05 bits per heavy atom. The highest BCUT2D eigenvalue weighted by atomic mass is 79.9. The van der Waals surface area contributed by atoms with E-state index in [-0.39, 0.29) is 23.7 Å². The van der Waals surface area contributed by atoms with Crippen LogP contribution in [0, 0.1) is 10.1 Å². The molecule has 1 aromatic rings. The van der Waals surface area contributed by atoms with E-state index >= 15 is 0 Å². The Morgan fingerprint density at radius 3 is 2.58 bits per heavy atom. The first-order chi connectivity index (χ1) is 8.69. The molecule has 6 nitrogen and oxygen atoms in total. The molecule has 7 heteroatoms. The fourth-order valence-electron chi connectivity index (χ4n) is 1.28. The van der Waals surface area contributed by atoms with Gasteiger partial charge >= 0.3 is 0 Å². The normalized spacial score (nSPS) is 11.2. The average molecular weight is 330 g/mol. The molecule has 0 saturated heterocycles. The van der Waals surface area contributed by atoms with E-state index in [1.165, 1.54) is 12.1 Å². The van der Waals surface area contributed by atoms with E-state index in [0.717, 1.165) is 0 Å². The number of nitrogens with zero attached hydrogens (tertiary/aromatic N) is 1. The molecular formula is C12H16BrN3O3. The molecule has 0 bridgehead atoms. The van der Waals surface area contributed by atoms with Crippen molar-refractivity contribution in [3.05, 3.63) is 32.8 Å². The summed E-state index contributed by atoms with van der Waals surface area (Å²) in [5.74, 6) is -0.244. The number of halogens is 1. The molecule has 1 rings (SSSR count). The van der Waals surface area contributed by atoms with Crippen molar-refractivity contribution in [2.75, 3.05) is 11.9 Å². The predicted molar refractivity (Wildman–Crippen MR) is 77.2 cm³/mol. The SMILES string of the molecule is CC(C)(C)NCC(=O)Nc1ccc(Br)c([N+](=O)[O-])c1. The zero-order valence-corrected chi connectivity index (χ0v) is 12.6. The van der Waals surface area contributed by atoms with Crippen LogP contribution in [-0.2, 0) is 4.79 Å². The molecule has 2 N–H and O–H groups in total. The Labute approximate surface area is 119 Å². The lowest BCUT2D eigenvalue weighted by molar-refractivity contribution is -0.385. The Bertz CT molecular complexity index is 497. The maximum absolute atomic E-state index is 11.7. The molecule has 0 fully saturated rings. The van der Waals surface area contributed by atoms with Crippen LogP contribution in [0.15, 0.2) is 22.7 Å². The van der Waals surface area contributed by atoms with Gasteiger partial charge in [0.25, 0.3) is 5.69 Å². The largest absolute Gasteiger partial charge is 0.325 e. The first kappa shape index (κ1) is 15.6. The number of benzene rings is 1. The quantitative estimate of drug-likeness (QED) is 0.657. The molecule has 104 valence electrons. The lowest BCUT2D eigenvalue weighted by atomic mass is 10.1. The minimum atomic E-state index is -0.507. The van der Waals surface area contributed by atoms with Crippen molar-refractivity contribution in [1.29, 1.82) is 0 Å². The summed E-state index contributed by atoms with van der Waals surface area (Å²) in [5, 5.41) is 16.4. The highest BCUT2D eigenvalue weighted by Crippen LogP contribution is 2.27. The van der Waals surface area contributed by atoms with Gasteiger partial charge in [0, 0.05) is 17.3 Å². The number of hydrogen-bond donors (Lipinski definition) is 2. The second kappa shape index (κ2) is 6.12. The van der Waals surface area contributed by atoms with Crippen LogP contribution >= 0.6 is 15.9 Å². The molecule has 0 aromatic heterocycles. The van der Waals surface area contributed by atoms with Gasteiger partial charge < -0.3 is 10.6 Å². The number of hydrogen-bond acceptors (Lipinski definition) is 4. The van der Waals surface area contributed by atoms with Gasteiger partial charge in [0.1, 0.15) is 0 Å². The molecule has 0 radical (unpaired) electrons. The van der Waals surface area contributed by atoms with Gasteiger partial charge in [-0.1, -0.05) is 0 Å². The predicted octanol–water partition coefficient (Wildman–Crippen LogP) is 2.68. The van der Waals surface area contributed by atoms with E-state index in [0.29, 0.717) is 10.2 Å². The third-order valence-electron chi connectivity index (χ3n) is 2.21. The number of nitrogens with one attached hydrogen (secondary N) is 2. The molecule has 0 aliphatic heterocycles. The summed E-state index contributed by atoms with van der Waals surface area (Å²) in [6.07, 6.45) is 0.